The Morgan fingerprint density at radius 1 is 1.38 bits per heavy atom. The highest BCUT2D eigenvalue weighted by Crippen LogP contribution is 2.19. The van der Waals surface area contributed by atoms with Crippen LogP contribution < -0.4 is 16.2 Å². The maximum Gasteiger partial charge on any atom is 0.269 e. The second kappa shape index (κ2) is 7.19. The molecule has 0 fully saturated rings. The van der Waals surface area contributed by atoms with E-state index < -0.39 is 5.82 Å². The summed E-state index contributed by atoms with van der Waals surface area (Å²) in [7, 11) is 1.85. The number of benzene rings is 1. The van der Waals surface area contributed by atoms with Crippen molar-refractivity contribution in [2.45, 2.75) is 6.54 Å². The van der Waals surface area contributed by atoms with Gasteiger partial charge in [-0.1, -0.05) is 23.7 Å². The molecule has 0 amide bonds. The standard InChI is InChI=1S/C14H16ClFN4O/c1-17-5-6-18-11-7-13(21)20(19-8-11)9-10-3-2-4-12(16)14(10)15/h2-4,7-8,17-18H,5-6,9H2,1H3. The quantitative estimate of drug-likeness (QED) is 0.798. The summed E-state index contributed by atoms with van der Waals surface area (Å²) in [6, 6.07) is 5.94. The fourth-order valence-corrected chi connectivity index (χ4v) is 2.00. The zero-order valence-corrected chi connectivity index (χ0v) is 12.3. The third-order valence-corrected chi connectivity index (χ3v) is 3.35. The van der Waals surface area contributed by atoms with Crippen LogP contribution in [0.3, 0.4) is 0 Å². The summed E-state index contributed by atoms with van der Waals surface area (Å²) in [4.78, 5) is 12.0. The van der Waals surface area contributed by atoms with E-state index in [1.54, 1.807) is 18.3 Å². The number of likely N-dealkylation sites (N-methyl/N-ethyl adjacent to an activating group) is 1. The van der Waals surface area contributed by atoms with Crippen LogP contribution >= 0.6 is 11.6 Å². The fraction of sp³-hybridized carbons (Fsp3) is 0.286. The number of nitrogens with one attached hydrogen (secondary N) is 2. The van der Waals surface area contributed by atoms with Crippen molar-refractivity contribution in [3.05, 3.63) is 57.2 Å². The van der Waals surface area contributed by atoms with Gasteiger partial charge in [-0.25, -0.2) is 9.07 Å². The number of aromatic nitrogens is 2. The van der Waals surface area contributed by atoms with Crippen molar-refractivity contribution < 1.29 is 4.39 Å². The van der Waals surface area contributed by atoms with E-state index >= 15 is 0 Å². The number of nitrogens with zero attached hydrogens (tertiary/aromatic N) is 2. The van der Waals surface area contributed by atoms with E-state index in [0.29, 0.717) is 17.8 Å². The lowest BCUT2D eigenvalue weighted by molar-refractivity contribution is 0.611. The monoisotopic (exact) mass is 310 g/mol. The van der Waals surface area contributed by atoms with Crippen LogP contribution in [0.2, 0.25) is 5.02 Å². The van der Waals surface area contributed by atoms with Gasteiger partial charge in [-0.2, -0.15) is 5.10 Å². The molecule has 1 aromatic carbocycles. The van der Waals surface area contributed by atoms with Gasteiger partial charge in [0.25, 0.3) is 5.56 Å². The number of anilines is 1. The van der Waals surface area contributed by atoms with E-state index in [9.17, 15) is 9.18 Å². The van der Waals surface area contributed by atoms with Crippen LogP contribution in [0, 0.1) is 5.82 Å². The molecular formula is C14H16ClFN4O. The maximum absolute atomic E-state index is 13.4. The smallest absolute Gasteiger partial charge is 0.269 e. The lowest BCUT2D eigenvalue weighted by Crippen LogP contribution is -2.24. The summed E-state index contributed by atoms with van der Waals surface area (Å²) in [5.41, 5.74) is 0.892. The minimum atomic E-state index is -0.507. The highest BCUT2D eigenvalue weighted by molar-refractivity contribution is 6.31. The van der Waals surface area contributed by atoms with Crippen molar-refractivity contribution in [1.82, 2.24) is 15.1 Å². The molecule has 2 aromatic rings. The summed E-state index contributed by atoms with van der Waals surface area (Å²) >= 11 is 5.87. The molecule has 0 saturated carbocycles. The molecule has 0 bridgehead atoms. The van der Waals surface area contributed by atoms with Crippen LogP contribution in [0.15, 0.2) is 35.3 Å². The average Bonchev–Trinajstić information content (AvgIpc) is 2.47. The molecule has 0 spiro atoms. The summed E-state index contributed by atoms with van der Waals surface area (Å²) in [5.74, 6) is -0.507. The lowest BCUT2D eigenvalue weighted by atomic mass is 10.2. The Balaban J connectivity index is 2.14. The first-order valence-corrected chi connectivity index (χ1v) is 6.88. The highest BCUT2D eigenvalue weighted by atomic mass is 35.5. The first-order chi connectivity index (χ1) is 10.1. The first-order valence-electron chi connectivity index (χ1n) is 6.50. The maximum atomic E-state index is 13.4. The van der Waals surface area contributed by atoms with Gasteiger partial charge in [0.2, 0.25) is 0 Å². The van der Waals surface area contributed by atoms with E-state index in [-0.39, 0.29) is 17.1 Å². The van der Waals surface area contributed by atoms with Crippen molar-refractivity contribution >= 4 is 17.3 Å². The molecule has 2 N–H and O–H groups in total. The molecule has 0 saturated heterocycles. The average molecular weight is 311 g/mol. The zero-order chi connectivity index (χ0) is 15.2. The topological polar surface area (TPSA) is 59.0 Å². The van der Waals surface area contributed by atoms with Gasteiger partial charge in [0.05, 0.1) is 23.5 Å². The van der Waals surface area contributed by atoms with E-state index in [0.717, 1.165) is 6.54 Å². The minimum Gasteiger partial charge on any atom is -0.382 e. The van der Waals surface area contributed by atoms with Crippen LogP contribution in [-0.2, 0) is 6.54 Å². The molecule has 0 aliphatic rings. The third-order valence-electron chi connectivity index (χ3n) is 2.93. The summed E-state index contributed by atoms with van der Waals surface area (Å²) in [6.07, 6.45) is 1.56. The van der Waals surface area contributed by atoms with Crippen LogP contribution in [0.5, 0.6) is 0 Å². The number of rotatable bonds is 6. The second-order valence-electron chi connectivity index (χ2n) is 4.48. The van der Waals surface area contributed by atoms with E-state index in [1.807, 2.05) is 7.05 Å². The van der Waals surface area contributed by atoms with Crippen molar-refractivity contribution in [3.63, 3.8) is 0 Å². The Morgan fingerprint density at radius 3 is 2.90 bits per heavy atom. The Hall–Kier alpha value is -1.92. The van der Waals surface area contributed by atoms with Crippen molar-refractivity contribution in [1.29, 1.82) is 0 Å². The summed E-state index contributed by atoms with van der Waals surface area (Å²) in [5, 5.41) is 10.1. The van der Waals surface area contributed by atoms with Crippen LogP contribution in [-0.4, -0.2) is 29.9 Å². The van der Waals surface area contributed by atoms with Gasteiger partial charge in [-0.3, -0.25) is 4.79 Å². The van der Waals surface area contributed by atoms with Crippen molar-refractivity contribution in [2.24, 2.45) is 0 Å². The van der Waals surface area contributed by atoms with Crippen molar-refractivity contribution in [2.75, 3.05) is 25.5 Å². The van der Waals surface area contributed by atoms with Gasteiger partial charge in [0, 0.05) is 19.2 Å². The van der Waals surface area contributed by atoms with Gasteiger partial charge in [0.15, 0.2) is 0 Å². The summed E-state index contributed by atoms with van der Waals surface area (Å²) < 4.78 is 14.6. The SMILES string of the molecule is CNCCNc1cnn(Cc2cccc(F)c2Cl)c(=O)c1. The van der Waals surface area contributed by atoms with E-state index in [1.165, 1.54) is 16.8 Å². The van der Waals surface area contributed by atoms with Gasteiger partial charge in [-0.15, -0.1) is 0 Å². The van der Waals surface area contributed by atoms with Gasteiger partial charge >= 0.3 is 0 Å². The van der Waals surface area contributed by atoms with Crippen molar-refractivity contribution in [3.8, 4) is 0 Å². The molecule has 0 radical (unpaired) electrons. The minimum absolute atomic E-state index is 0.0161. The molecule has 5 nitrogen and oxygen atoms in total. The van der Waals surface area contributed by atoms with Gasteiger partial charge in [0.1, 0.15) is 5.82 Å². The second-order valence-corrected chi connectivity index (χ2v) is 4.86. The lowest BCUT2D eigenvalue weighted by Gasteiger charge is -2.09. The van der Waals surface area contributed by atoms with Crippen LogP contribution in [0.25, 0.3) is 0 Å². The van der Waals surface area contributed by atoms with Crippen LogP contribution in [0.1, 0.15) is 5.56 Å². The molecule has 7 heteroatoms. The first kappa shape index (κ1) is 15.5. The number of hydrogen-bond donors (Lipinski definition) is 2. The van der Waals surface area contributed by atoms with Crippen LogP contribution in [0.4, 0.5) is 10.1 Å². The molecule has 1 heterocycles. The van der Waals surface area contributed by atoms with E-state index in [2.05, 4.69) is 15.7 Å². The fourth-order valence-electron chi connectivity index (χ4n) is 1.81. The Labute approximate surface area is 126 Å². The molecule has 21 heavy (non-hydrogen) atoms. The third kappa shape index (κ3) is 4.03. The Bertz CT molecular complexity index is 674. The summed E-state index contributed by atoms with van der Waals surface area (Å²) in [6.45, 7) is 1.60. The number of hydrogen-bond acceptors (Lipinski definition) is 4. The molecule has 2 rings (SSSR count). The highest BCUT2D eigenvalue weighted by Gasteiger charge is 2.08. The number of halogens is 2. The van der Waals surface area contributed by atoms with Gasteiger partial charge in [-0.05, 0) is 18.7 Å². The molecule has 112 valence electrons. The largest absolute Gasteiger partial charge is 0.382 e. The Morgan fingerprint density at radius 2 is 2.19 bits per heavy atom. The molecule has 0 unspecified atom stereocenters. The molecule has 0 atom stereocenters. The molecular weight excluding hydrogens is 295 g/mol. The predicted octanol–water partition coefficient (Wildman–Crippen LogP) is 1.72. The normalized spacial score (nSPS) is 10.6. The van der Waals surface area contributed by atoms with Gasteiger partial charge < -0.3 is 10.6 Å². The molecule has 0 aliphatic heterocycles. The zero-order valence-electron chi connectivity index (χ0n) is 11.6. The molecule has 0 aliphatic carbocycles. The van der Waals surface area contributed by atoms with E-state index in [4.69, 9.17) is 11.6 Å². The Kier molecular flexibility index (Phi) is 5.30. The predicted molar refractivity (Wildman–Crippen MR) is 81.4 cm³/mol. The molecule has 1 aromatic heterocycles.